The molecule has 0 atom stereocenters. The van der Waals surface area contributed by atoms with Gasteiger partial charge < -0.3 is 5.32 Å². The minimum atomic E-state index is 0.887. The van der Waals surface area contributed by atoms with E-state index in [9.17, 15) is 0 Å². The quantitative estimate of drug-likeness (QED) is 0.335. The zero-order valence-electron chi connectivity index (χ0n) is 16.6. The number of hydrogen-bond donors (Lipinski definition) is 1. The lowest BCUT2D eigenvalue weighted by Gasteiger charge is -2.05. The highest BCUT2D eigenvalue weighted by Gasteiger charge is 1.96. The third kappa shape index (κ3) is 5.76. The van der Waals surface area contributed by atoms with Crippen molar-refractivity contribution in [2.75, 3.05) is 5.32 Å². The first-order chi connectivity index (χ1) is 14.8. The molecule has 0 aliphatic rings. The van der Waals surface area contributed by atoms with Gasteiger partial charge in [-0.3, -0.25) is 9.98 Å². The van der Waals surface area contributed by atoms with E-state index < -0.39 is 0 Å². The van der Waals surface area contributed by atoms with Gasteiger partial charge in [-0.05, 0) is 66.1 Å². The van der Waals surface area contributed by atoms with Crippen LogP contribution in [0.4, 0.5) is 22.7 Å². The predicted molar refractivity (Wildman–Crippen MR) is 128 cm³/mol. The van der Waals surface area contributed by atoms with Crippen LogP contribution in [-0.4, -0.2) is 12.4 Å². The lowest BCUT2D eigenvalue weighted by atomic mass is 10.1. The number of benzene rings is 4. The predicted octanol–water partition coefficient (Wildman–Crippen LogP) is 7.13. The number of para-hydroxylation sites is 1. The number of rotatable bonds is 7. The summed E-state index contributed by atoms with van der Waals surface area (Å²) in [5, 5.41) is 3.36. The van der Waals surface area contributed by atoms with Crippen LogP contribution in [0.5, 0.6) is 0 Å². The first kappa shape index (κ1) is 19.3. The monoisotopic (exact) mass is 389 g/mol. The Balaban J connectivity index is 1.30. The molecule has 1 N–H and O–H groups in total. The maximum absolute atomic E-state index is 4.46. The van der Waals surface area contributed by atoms with Gasteiger partial charge in [0.25, 0.3) is 0 Å². The average Bonchev–Trinajstić information content (AvgIpc) is 2.80. The second-order valence-corrected chi connectivity index (χ2v) is 6.92. The van der Waals surface area contributed by atoms with E-state index in [1.807, 2.05) is 72.8 Å². The maximum Gasteiger partial charge on any atom is 0.0631 e. The molecule has 0 heterocycles. The Morgan fingerprint density at radius 1 is 0.500 bits per heavy atom. The van der Waals surface area contributed by atoms with E-state index in [1.165, 1.54) is 11.1 Å². The summed E-state index contributed by atoms with van der Waals surface area (Å²) < 4.78 is 0. The highest BCUT2D eigenvalue weighted by atomic mass is 14.9. The minimum absolute atomic E-state index is 0.887. The molecule has 4 rings (SSSR count). The molecule has 3 nitrogen and oxygen atoms in total. The molecular weight excluding hydrogens is 366 g/mol. The lowest BCUT2D eigenvalue weighted by molar-refractivity contribution is 1.19. The molecule has 0 saturated carbocycles. The Hall–Kier alpha value is -3.98. The van der Waals surface area contributed by atoms with E-state index in [1.54, 1.807) is 12.4 Å². The summed E-state index contributed by atoms with van der Waals surface area (Å²) in [6, 6.07) is 36.9. The molecule has 30 heavy (non-hydrogen) atoms. The Labute approximate surface area is 177 Å². The molecule has 0 radical (unpaired) electrons. The van der Waals surface area contributed by atoms with Gasteiger partial charge in [-0.2, -0.15) is 0 Å². The van der Waals surface area contributed by atoms with Crippen LogP contribution >= 0.6 is 0 Å². The van der Waals surface area contributed by atoms with Crippen LogP contribution in [0.3, 0.4) is 0 Å². The number of aliphatic imine (C=N–C) groups is 2. The number of hydrogen-bond acceptors (Lipinski definition) is 3. The summed E-state index contributed by atoms with van der Waals surface area (Å²) in [7, 11) is 0. The number of nitrogens with zero attached hydrogens (tertiary/aromatic N) is 2. The number of nitrogens with one attached hydrogen (secondary N) is 1. The van der Waals surface area contributed by atoms with Crippen molar-refractivity contribution in [3.8, 4) is 0 Å². The van der Waals surface area contributed by atoms with Gasteiger partial charge in [-0.25, -0.2) is 0 Å². The van der Waals surface area contributed by atoms with Gasteiger partial charge in [0, 0.05) is 23.8 Å². The van der Waals surface area contributed by atoms with Gasteiger partial charge in [-0.1, -0.05) is 60.7 Å². The van der Waals surface area contributed by atoms with Gasteiger partial charge in [-0.15, -0.1) is 0 Å². The molecule has 0 aliphatic heterocycles. The van der Waals surface area contributed by atoms with E-state index >= 15 is 0 Å². The Morgan fingerprint density at radius 3 is 1.57 bits per heavy atom. The van der Waals surface area contributed by atoms with E-state index in [2.05, 4.69) is 51.7 Å². The minimum Gasteiger partial charge on any atom is -0.356 e. The summed E-state index contributed by atoms with van der Waals surface area (Å²) >= 11 is 0. The zero-order valence-corrected chi connectivity index (χ0v) is 16.6. The van der Waals surface area contributed by atoms with Crippen LogP contribution in [0.2, 0.25) is 0 Å². The Kier molecular flexibility index (Phi) is 6.44. The molecule has 4 aromatic rings. The van der Waals surface area contributed by atoms with E-state index in [0.29, 0.717) is 0 Å². The van der Waals surface area contributed by atoms with Crippen LogP contribution < -0.4 is 5.32 Å². The van der Waals surface area contributed by atoms with Crippen molar-refractivity contribution in [1.29, 1.82) is 0 Å². The second kappa shape index (κ2) is 9.99. The molecule has 3 heteroatoms. The molecule has 146 valence electrons. The fourth-order valence-electron chi connectivity index (χ4n) is 3.09. The Bertz CT molecular complexity index is 1010. The second-order valence-electron chi connectivity index (χ2n) is 6.92. The highest BCUT2D eigenvalue weighted by Crippen LogP contribution is 2.20. The van der Waals surface area contributed by atoms with Crippen LogP contribution in [-0.2, 0) is 6.42 Å². The molecule has 0 aromatic heterocycles. The number of anilines is 2. The van der Waals surface area contributed by atoms with Crippen molar-refractivity contribution in [2.45, 2.75) is 6.42 Å². The first-order valence-corrected chi connectivity index (χ1v) is 9.97. The van der Waals surface area contributed by atoms with Crippen LogP contribution in [0.15, 0.2) is 119 Å². The van der Waals surface area contributed by atoms with Gasteiger partial charge in [0.2, 0.25) is 0 Å². The molecule has 0 fully saturated rings. The third-order valence-electron chi connectivity index (χ3n) is 4.63. The standard InChI is InChI=1S/C27H23N3/c1-3-7-22(8-4-1)21-23-11-13-24(14-12-23)28-19-20-29-25-15-17-27(18-16-25)30-26-9-5-2-6-10-26/h1-20,30H,21H2. The summed E-state index contributed by atoms with van der Waals surface area (Å²) in [5.74, 6) is 0. The lowest BCUT2D eigenvalue weighted by Crippen LogP contribution is -1.88. The average molecular weight is 390 g/mol. The van der Waals surface area contributed by atoms with Gasteiger partial charge in [0.05, 0.1) is 11.4 Å². The van der Waals surface area contributed by atoms with E-state index in [0.717, 1.165) is 29.2 Å². The van der Waals surface area contributed by atoms with Crippen molar-refractivity contribution >= 4 is 35.2 Å². The summed E-state index contributed by atoms with van der Waals surface area (Å²) in [4.78, 5) is 8.90. The molecule has 0 unspecified atom stereocenters. The molecule has 0 bridgehead atoms. The van der Waals surface area contributed by atoms with Gasteiger partial charge in [0.15, 0.2) is 0 Å². The maximum atomic E-state index is 4.46. The molecule has 0 saturated heterocycles. The van der Waals surface area contributed by atoms with Crippen molar-refractivity contribution in [1.82, 2.24) is 0 Å². The molecule has 0 aliphatic carbocycles. The van der Waals surface area contributed by atoms with Crippen LogP contribution in [0.1, 0.15) is 11.1 Å². The smallest absolute Gasteiger partial charge is 0.0631 e. The topological polar surface area (TPSA) is 36.8 Å². The zero-order chi connectivity index (χ0) is 20.4. The van der Waals surface area contributed by atoms with E-state index in [-0.39, 0.29) is 0 Å². The summed E-state index contributed by atoms with van der Waals surface area (Å²) in [5.41, 5.74) is 6.49. The molecule has 0 amide bonds. The van der Waals surface area contributed by atoms with Crippen LogP contribution in [0, 0.1) is 0 Å². The molecule has 0 spiro atoms. The fraction of sp³-hybridized carbons (Fsp3) is 0.0370. The molecular formula is C27H23N3. The Morgan fingerprint density at radius 2 is 0.967 bits per heavy atom. The van der Waals surface area contributed by atoms with Crippen molar-refractivity contribution in [3.63, 3.8) is 0 Å². The summed E-state index contributed by atoms with van der Waals surface area (Å²) in [6.45, 7) is 0. The fourth-order valence-corrected chi connectivity index (χ4v) is 3.09. The first-order valence-electron chi connectivity index (χ1n) is 9.97. The van der Waals surface area contributed by atoms with Crippen molar-refractivity contribution < 1.29 is 0 Å². The van der Waals surface area contributed by atoms with E-state index in [4.69, 9.17) is 0 Å². The summed E-state index contributed by atoms with van der Waals surface area (Å²) in [6.07, 6.45) is 4.38. The van der Waals surface area contributed by atoms with Crippen LogP contribution in [0.25, 0.3) is 0 Å². The van der Waals surface area contributed by atoms with Gasteiger partial charge in [0.1, 0.15) is 0 Å². The SMILES string of the molecule is C(C=Nc1ccc(Nc2ccccc2)cc1)=Nc1ccc(Cc2ccccc2)cc1. The van der Waals surface area contributed by atoms with Gasteiger partial charge >= 0.3 is 0 Å². The van der Waals surface area contributed by atoms with Crippen molar-refractivity contribution in [3.05, 3.63) is 120 Å². The molecule has 4 aromatic carbocycles. The normalized spacial score (nSPS) is 11.2. The largest absolute Gasteiger partial charge is 0.356 e. The van der Waals surface area contributed by atoms with Crippen molar-refractivity contribution in [2.24, 2.45) is 9.98 Å². The highest BCUT2D eigenvalue weighted by molar-refractivity contribution is 6.17. The third-order valence-corrected chi connectivity index (χ3v) is 4.63.